The molecule has 0 aliphatic rings. The van der Waals surface area contributed by atoms with Crippen molar-refractivity contribution in [3.8, 4) is 0 Å². The van der Waals surface area contributed by atoms with Crippen LogP contribution >= 0.6 is 0 Å². The molecular formula is C13H15N3O3S. The number of hydrogen-bond donors (Lipinski definition) is 3. The first kappa shape index (κ1) is 14.4. The Morgan fingerprint density at radius 2 is 1.90 bits per heavy atom. The van der Waals surface area contributed by atoms with Crippen molar-refractivity contribution in [1.29, 1.82) is 0 Å². The summed E-state index contributed by atoms with van der Waals surface area (Å²) in [4.78, 5) is 3.73. The average molecular weight is 293 g/mol. The van der Waals surface area contributed by atoms with Crippen molar-refractivity contribution in [2.45, 2.75) is 11.0 Å². The molecule has 0 saturated heterocycles. The predicted molar refractivity (Wildman–Crippen MR) is 75.2 cm³/mol. The Bertz CT molecular complexity index is 657. The lowest BCUT2D eigenvalue weighted by molar-refractivity contribution is 0.182. The van der Waals surface area contributed by atoms with E-state index in [9.17, 15) is 13.5 Å². The van der Waals surface area contributed by atoms with E-state index in [1.807, 2.05) is 6.07 Å². The molecule has 1 unspecified atom stereocenters. The first-order valence-electron chi connectivity index (χ1n) is 5.93. The molecule has 4 N–H and O–H groups in total. The molecular weight excluding hydrogens is 278 g/mol. The maximum Gasteiger partial charge on any atom is 0.242 e. The molecule has 0 spiro atoms. The molecule has 0 fully saturated rings. The van der Waals surface area contributed by atoms with E-state index in [2.05, 4.69) is 9.71 Å². The zero-order chi connectivity index (χ0) is 14.6. The first-order valence-corrected chi connectivity index (χ1v) is 7.41. The first-order chi connectivity index (χ1) is 9.49. The highest BCUT2D eigenvalue weighted by Gasteiger charge is 2.16. The Kier molecular flexibility index (Phi) is 4.33. The van der Waals surface area contributed by atoms with Crippen LogP contribution in [0.25, 0.3) is 0 Å². The largest absolute Gasteiger partial charge is 0.387 e. The fraction of sp³-hybridized carbons (Fsp3) is 0.154. The highest BCUT2D eigenvalue weighted by atomic mass is 32.2. The fourth-order valence-corrected chi connectivity index (χ4v) is 2.60. The number of nitrogen functional groups attached to an aromatic ring is 1. The summed E-state index contributed by atoms with van der Waals surface area (Å²) >= 11 is 0. The highest BCUT2D eigenvalue weighted by Crippen LogP contribution is 2.13. The van der Waals surface area contributed by atoms with Gasteiger partial charge in [0.1, 0.15) is 10.7 Å². The Morgan fingerprint density at radius 3 is 2.50 bits per heavy atom. The average Bonchev–Trinajstić information content (AvgIpc) is 2.46. The van der Waals surface area contributed by atoms with Crippen molar-refractivity contribution in [2.24, 2.45) is 0 Å². The zero-order valence-electron chi connectivity index (χ0n) is 10.6. The van der Waals surface area contributed by atoms with Crippen LogP contribution in [0, 0.1) is 0 Å². The van der Waals surface area contributed by atoms with Gasteiger partial charge in [0.05, 0.1) is 6.10 Å². The second kappa shape index (κ2) is 6.00. The van der Waals surface area contributed by atoms with Crippen LogP contribution in [0.5, 0.6) is 0 Å². The number of nitrogens with two attached hydrogens (primary N) is 1. The van der Waals surface area contributed by atoms with Gasteiger partial charge in [-0.2, -0.15) is 0 Å². The summed E-state index contributed by atoms with van der Waals surface area (Å²) in [5, 5.41) is 9.91. The normalized spacial score (nSPS) is 13.1. The number of aliphatic hydroxyl groups is 1. The van der Waals surface area contributed by atoms with Gasteiger partial charge in [-0.3, -0.25) is 0 Å². The van der Waals surface area contributed by atoms with E-state index in [1.165, 1.54) is 18.3 Å². The molecule has 0 radical (unpaired) electrons. The van der Waals surface area contributed by atoms with Gasteiger partial charge >= 0.3 is 0 Å². The molecule has 0 saturated carbocycles. The number of benzene rings is 1. The zero-order valence-corrected chi connectivity index (χ0v) is 11.4. The summed E-state index contributed by atoms with van der Waals surface area (Å²) in [7, 11) is -3.71. The molecule has 6 nitrogen and oxygen atoms in total. The molecule has 1 aromatic heterocycles. The minimum Gasteiger partial charge on any atom is -0.387 e. The van der Waals surface area contributed by atoms with Gasteiger partial charge in [-0.1, -0.05) is 30.3 Å². The molecule has 2 rings (SSSR count). The Hall–Kier alpha value is -1.96. The van der Waals surface area contributed by atoms with Gasteiger partial charge in [-0.15, -0.1) is 0 Å². The SMILES string of the molecule is Nc1ccc(S(=O)(=O)NCC(O)c2ccccc2)cn1. The van der Waals surface area contributed by atoms with E-state index < -0.39 is 16.1 Å². The van der Waals surface area contributed by atoms with Gasteiger partial charge in [-0.05, 0) is 17.7 Å². The van der Waals surface area contributed by atoms with Crippen molar-refractivity contribution < 1.29 is 13.5 Å². The third-order valence-electron chi connectivity index (χ3n) is 2.72. The number of anilines is 1. The Morgan fingerprint density at radius 1 is 1.20 bits per heavy atom. The van der Waals surface area contributed by atoms with Gasteiger partial charge in [0.15, 0.2) is 0 Å². The fourth-order valence-electron chi connectivity index (χ4n) is 1.62. The van der Waals surface area contributed by atoms with Crippen molar-refractivity contribution in [3.05, 3.63) is 54.2 Å². The lowest BCUT2D eigenvalue weighted by Crippen LogP contribution is -2.28. The second-order valence-corrected chi connectivity index (χ2v) is 5.96. The topological polar surface area (TPSA) is 105 Å². The molecule has 2 aromatic rings. The molecule has 1 aromatic carbocycles. The van der Waals surface area contributed by atoms with Crippen LogP contribution in [0.3, 0.4) is 0 Å². The van der Waals surface area contributed by atoms with Gasteiger partial charge in [0.2, 0.25) is 10.0 Å². The number of sulfonamides is 1. The summed E-state index contributed by atoms with van der Waals surface area (Å²) in [6.45, 7) is -0.114. The summed E-state index contributed by atoms with van der Waals surface area (Å²) in [5.41, 5.74) is 6.05. The minimum atomic E-state index is -3.71. The van der Waals surface area contributed by atoms with Gasteiger partial charge in [-0.25, -0.2) is 18.1 Å². The monoisotopic (exact) mass is 293 g/mol. The van der Waals surface area contributed by atoms with Crippen LogP contribution in [0.4, 0.5) is 5.82 Å². The van der Waals surface area contributed by atoms with E-state index in [0.29, 0.717) is 5.56 Å². The van der Waals surface area contributed by atoms with Gasteiger partial charge in [0.25, 0.3) is 0 Å². The number of nitrogens with zero attached hydrogens (tertiary/aromatic N) is 1. The highest BCUT2D eigenvalue weighted by molar-refractivity contribution is 7.89. The van der Waals surface area contributed by atoms with Crippen molar-refractivity contribution in [1.82, 2.24) is 9.71 Å². The molecule has 1 atom stereocenters. The molecule has 20 heavy (non-hydrogen) atoms. The van der Waals surface area contributed by atoms with E-state index in [4.69, 9.17) is 5.73 Å². The minimum absolute atomic E-state index is 0.00645. The maximum absolute atomic E-state index is 12.0. The molecule has 106 valence electrons. The lowest BCUT2D eigenvalue weighted by Gasteiger charge is -2.12. The number of pyridine rings is 1. The van der Waals surface area contributed by atoms with Crippen LogP contribution in [0.2, 0.25) is 0 Å². The summed E-state index contributed by atoms with van der Waals surface area (Å²) in [6.07, 6.45) is 0.264. The van der Waals surface area contributed by atoms with Crippen LogP contribution in [-0.2, 0) is 10.0 Å². The molecule has 0 bridgehead atoms. The van der Waals surface area contributed by atoms with Crippen LogP contribution in [0.15, 0.2) is 53.6 Å². The van der Waals surface area contributed by atoms with Gasteiger partial charge in [0, 0.05) is 12.7 Å². The van der Waals surface area contributed by atoms with E-state index in [-0.39, 0.29) is 17.3 Å². The molecule has 7 heteroatoms. The van der Waals surface area contributed by atoms with Crippen LogP contribution in [0.1, 0.15) is 11.7 Å². The van der Waals surface area contributed by atoms with Crippen molar-refractivity contribution in [3.63, 3.8) is 0 Å². The van der Waals surface area contributed by atoms with E-state index >= 15 is 0 Å². The van der Waals surface area contributed by atoms with E-state index in [1.54, 1.807) is 24.3 Å². The summed E-state index contributed by atoms with van der Waals surface area (Å²) in [6, 6.07) is 11.6. The third-order valence-corrected chi connectivity index (χ3v) is 4.13. The molecule has 0 aliphatic carbocycles. The quantitative estimate of drug-likeness (QED) is 0.751. The van der Waals surface area contributed by atoms with Gasteiger partial charge < -0.3 is 10.8 Å². The molecule has 0 amide bonds. The number of nitrogens with one attached hydrogen (secondary N) is 1. The number of hydrogen-bond acceptors (Lipinski definition) is 5. The lowest BCUT2D eigenvalue weighted by atomic mass is 10.1. The van der Waals surface area contributed by atoms with Crippen LogP contribution in [-0.4, -0.2) is 25.1 Å². The van der Waals surface area contributed by atoms with Crippen molar-refractivity contribution in [2.75, 3.05) is 12.3 Å². The predicted octanol–water partition coefficient (Wildman–Crippen LogP) is 0.676. The Balaban J connectivity index is 2.04. The number of aliphatic hydroxyl groups excluding tert-OH is 1. The molecule has 0 aliphatic heterocycles. The van der Waals surface area contributed by atoms with Crippen LogP contribution < -0.4 is 10.5 Å². The third kappa shape index (κ3) is 3.53. The number of aromatic nitrogens is 1. The standard InChI is InChI=1S/C13H15N3O3S/c14-13-7-6-11(8-15-13)20(18,19)16-9-12(17)10-4-2-1-3-5-10/h1-8,12,16-17H,9H2,(H2,14,15). The maximum atomic E-state index is 12.0. The van der Waals surface area contributed by atoms with Crippen molar-refractivity contribution >= 4 is 15.8 Å². The smallest absolute Gasteiger partial charge is 0.242 e. The summed E-state index contributed by atoms with van der Waals surface area (Å²) < 4.78 is 26.3. The summed E-state index contributed by atoms with van der Waals surface area (Å²) in [5.74, 6) is 0.244. The Labute approximate surface area is 117 Å². The molecule has 1 heterocycles. The van der Waals surface area contributed by atoms with E-state index in [0.717, 1.165) is 0 Å². The number of rotatable bonds is 5. The second-order valence-electron chi connectivity index (χ2n) is 4.20.